The summed E-state index contributed by atoms with van der Waals surface area (Å²) in [5.41, 5.74) is 6.89. The van der Waals surface area contributed by atoms with E-state index in [0.717, 1.165) is 17.7 Å². The van der Waals surface area contributed by atoms with Crippen LogP contribution in [-0.4, -0.2) is 17.6 Å². The van der Waals surface area contributed by atoms with Gasteiger partial charge >= 0.3 is 0 Å². The first-order chi connectivity index (χ1) is 8.60. The van der Waals surface area contributed by atoms with Gasteiger partial charge in [0.2, 0.25) is 0 Å². The summed E-state index contributed by atoms with van der Waals surface area (Å²) in [6, 6.07) is 6.15. The quantitative estimate of drug-likeness (QED) is 0.898. The highest BCUT2D eigenvalue weighted by Crippen LogP contribution is 2.29. The summed E-state index contributed by atoms with van der Waals surface area (Å²) >= 11 is 1.74. The van der Waals surface area contributed by atoms with Gasteiger partial charge in [-0.05, 0) is 24.6 Å². The number of ether oxygens (including phenoxy) is 1. The van der Waals surface area contributed by atoms with Gasteiger partial charge in [-0.15, -0.1) is 11.3 Å². The summed E-state index contributed by atoms with van der Waals surface area (Å²) in [4.78, 5) is 4.60. The van der Waals surface area contributed by atoms with E-state index in [4.69, 9.17) is 10.5 Å². The van der Waals surface area contributed by atoms with Crippen molar-refractivity contribution in [1.29, 1.82) is 0 Å². The zero-order valence-electron chi connectivity index (χ0n) is 11.1. The summed E-state index contributed by atoms with van der Waals surface area (Å²) < 4.78 is 6.87. The second-order valence-electron chi connectivity index (χ2n) is 4.82. The number of nitrogens with two attached hydrogens (primary N) is 1. The molecular weight excluding hydrogens is 244 g/mol. The number of thiazole rings is 1. The van der Waals surface area contributed by atoms with Crippen molar-refractivity contribution >= 4 is 21.6 Å². The highest BCUT2D eigenvalue weighted by atomic mass is 32.1. The molecule has 1 heterocycles. The van der Waals surface area contributed by atoms with Gasteiger partial charge in [0.1, 0.15) is 12.4 Å². The molecule has 3 nitrogen and oxygen atoms in total. The van der Waals surface area contributed by atoms with E-state index in [2.05, 4.69) is 31.8 Å². The summed E-state index contributed by atoms with van der Waals surface area (Å²) in [6.07, 6.45) is 0.931. The third kappa shape index (κ3) is 3.00. The fourth-order valence-electron chi connectivity index (χ4n) is 1.58. The Morgan fingerprint density at radius 3 is 2.83 bits per heavy atom. The lowest BCUT2D eigenvalue weighted by Gasteiger charge is -2.10. The molecule has 0 amide bonds. The van der Waals surface area contributed by atoms with Gasteiger partial charge in [0.05, 0.1) is 15.2 Å². The Kier molecular flexibility index (Phi) is 4.19. The van der Waals surface area contributed by atoms with Crippen molar-refractivity contribution in [1.82, 2.24) is 4.98 Å². The Bertz CT molecular complexity index is 521. The average molecular weight is 264 g/mol. The van der Waals surface area contributed by atoms with Gasteiger partial charge in [-0.1, -0.05) is 20.8 Å². The molecule has 0 bridgehead atoms. The van der Waals surface area contributed by atoms with Crippen molar-refractivity contribution in [3.63, 3.8) is 0 Å². The minimum atomic E-state index is 0.105. The van der Waals surface area contributed by atoms with Crippen LogP contribution in [0.3, 0.4) is 0 Å². The molecule has 0 saturated heterocycles. The standard InChI is InChI=1S/C14H20N2OS/c1-4-10(15)8-17-11-5-6-12-13(7-11)18-14(16-12)9(2)3/h5-7,9-10H,4,8,15H2,1-3H3. The van der Waals surface area contributed by atoms with Crippen molar-refractivity contribution in [3.05, 3.63) is 23.2 Å². The molecule has 0 radical (unpaired) electrons. The molecule has 2 N–H and O–H groups in total. The fraction of sp³-hybridized carbons (Fsp3) is 0.500. The lowest BCUT2D eigenvalue weighted by atomic mass is 10.2. The number of rotatable bonds is 5. The van der Waals surface area contributed by atoms with E-state index in [0.29, 0.717) is 12.5 Å². The number of hydrogen-bond donors (Lipinski definition) is 1. The van der Waals surface area contributed by atoms with E-state index in [9.17, 15) is 0 Å². The van der Waals surface area contributed by atoms with Gasteiger partial charge in [-0.3, -0.25) is 0 Å². The second-order valence-corrected chi connectivity index (χ2v) is 5.88. The molecule has 0 aliphatic carbocycles. The number of benzene rings is 1. The average Bonchev–Trinajstić information content (AvgIpc) is 2.79. The van der Waals surface area contributed by atoms with E-state index in [-0.39, 0.29) is 6.04 Å². The highest BCUT2D eigenvalue weighted by Gasteiger charge is 2.08. The zero-order valence-corrected chi connectivity index (χ0v) is 12.0. The van der Waals surface area contributed by atoms with Crippen molar-refractivity contribution in [2.75, 3.05) is 6.61 Å². The van der Waals surface area contributed by atoms with Gasteiger partial charge in [0.25, 0.3) is 0 Å². The number of hydrogen-bond acceptors (Lipinski definition) is 4. The van der Waals surface area contributed by atoms with Crippen LogP contribution in [0.1, 0.15) is 38.1 Å². The topological polar surface area (TPSA) is 48.1 Å². The third-order valence-electron chi connectivity index (χ3n) is 2.86. The van der Waals surface area contributed by atoms with Crippen molar-refractivity contribution < 1.29 is 4.74 Å². The van der Waals surface area contributed by atoms with Gasteiger partial charge in [-0.2, -0.15) is 0 Å². The Morgan fingerprint density at radius 1 is 1.39 bits per heavy atom. The van der Waals surface area contributed by atoms with E-state index in [1.807, 2.05) is 12.1 Å². The van der Waals surface area contributed by atoms with Gasteiger partial charge in [0, 0.05) is 12.0 Å². The molecule has 98 valence electrons. The number of aromatic nitrogens is 1. The Hall–Kier alpha value is -1.13. The highest BCUT2D eigenvalue weighted by molar-refractivity contribution is 7.18. The Labute approximate surface area is 112 Å². The first kappa shape index (κ1) is 13.3. The van der Waals surface area contributed by atoms with Crippen LogP contribution in [0.25, 0.3) is 10.2 Å². The van der Waals surface area contributed by atoms with Crippen LogP contribution in [0.5, 0.6) is 5.75 Å². The van der Waals surface area contributed by atoms with Gasteiger partial charge < -0.3 is 10.5 Å². The smallest absolute Gasteiger partial charge is 0.120 e. The van der Waals surface area contributed by atoms with E-state index < -0.39 is 0 Å². The molecular formula is C14H20N2OS. The van der Waals surface area contributed by atoms with E-state index in [1.165, 1.54) is 9.71 Å². The van der Waals surface area contributed by atoms with Crippen LogP contribution >= 0.6 is 11.3 Å². The molecule has 2 aromatic rings. The molecule has 0 aliphatic heterocycles. The van der Waals surface area contributed by atoms with Crippen LogP contribution in [0.4, 0.5) is 0 Å². The van der Waals surface area contributed by atoms with Crippen molar-refractivity contribution in [2.45, 2.75) is 39.2 Å². The predicted octanol–water partition coefficient (Wildman–Crippen LogP) is 3.54. The maximum atomic E-state index is 5.84. The Morgan fingerprint density at radius 2 is 2.17 bits per heavy atom. The van der Waals surface area contributed by atoms with E-state index >= 15 is 0 Å². The molecule has 4 heteroatoms. The molecule has 2 rings (SSSR count). The molecule has 0 spiro atoms. The third-order valence-corrected chi connectivity index (χ3v) is 4.18. The minimum absolute atomic E-state index is 0.105. The number of fused-ring (bicyclic) bond motifs is 1. The monoisotopic (exact) mass is 264 g/mol. The maximum absolute atomic E-state index is 5.84. The summed E-state index contributed by atoms with van der Waals surface area (Å²) in [5.74, 6) is 1.35. The van der Waals surface area contributed by atoms with Crippen LogP contribution in [0, 0.1) is 0 Å². The fourth-order valence-corrected chi connectivity index (χ4v) is 2.58. The normalized spacial score (nSPS) is 13.2. The molecule has 1 aromatic heterocycles. The van der Waals surface area contributed by atoms with Gasteiger partial charge in [0.15, 0.2) is 0 Å². The molecule has 0 saturated carbocycles. The molecule has 18 heavy (non-hydrogen) atoms. The molecule has 1 unspecified atom stereocenters. The maximum Gasteiger partial charge on any atom is 0.120 e. The molecule has 0 aliphatic rings. The molecule has 1 aromatic carbocycles. The lowest BCUT2D eigenvalue weighted by Crippen LogP contribution is -2.26. The van der Waals surface area contributed by atoms with Crippen molar-refractivity contribution in [2.24, 2.45) is 5.73 Å². The second kappa shape index (κ2) is 5.67. The summed E-state index contributed by atoms with van der Waals surface area (Å²) in [5, 5.41) is 1.17. The minimum Gasteiger partial charge on any atom is -0.492 e. The van der Waals surface area contributed by atoms with Gasteiger partial charge in [-0.25, -0.2) is 4.98 Å². The Balaban J connectivity index is 2.16. The van der Waals surface area contributed by atoms with Crippen LogP contribution in [0.15, 0.2) is 18.2 Å². The largest absolute Gasteiger partial charge is 0.492 e. The van der Waals surface area contributed by atoms with Crippen LogP contribution in [0.2, 0.25) is 0 Å². The van der Waals surface area contributed by atoms with E-state index in [1.54, 1.807) is 11.3 Å². The first-order valence-corrected chi connectivity index (χ1v) is 7.20. The summed E-state index contributed by atoms with van der Waals surface area (Å²) in [6.45, 7) is 6.96. The summed E-state index contributed by atoms with van der Waals surface area (Å²) in [7, 11) is 0. The SMILES string of the molecule is CCC(N)COc1ccc2nc(C(C)C)sc2c1. The lowest BCUT2D eigenvalue weighted by molar-refractivity contribution is 0.286. The number of nitrogens with zero attached hydrogens (tertiary/aromatic N) is 1. The molecule has 1 atom stereocenters. The zero-order chi connectivity index (χ0) is 13.1. The van der Waals surface area contributed by atoms with Crippen LogP contribution < -0.4 is 10.5 Å². The molecule has 0 fully saturated rings. The van der Waals surface area contributed by atoms with Crippen LogP contribution in [-0.2, 0) is 0 Å². The predicted molar refractivity (Wildman–Crippen MR) is 77.5 cm³/mol. The first-order valence-electron chi connectivity index (χ1n) is 6.39. The van der Waals surface area contributed by atoms with Crippen molar-refractivity contribution in [3.8, 4) is 5.75 Å².